The van der Waals surface area contributed by atoms with Crippen molar-refractivity contribution in [2.24, 2.45) is 0 Å². The molecule has 0 spiro atoms. The Hall–Kier alpha value is -1.77. The van der Waals surface area contributed by atoms with Crippen LogP contribution in [0.4, 0.5) is 18.9 Å². The third-order valence-corrected chi connectivity index (χ3v) is 1.42. The molecule has 1 aromatic rings. The number of anilines is 1. The van der Waals surface area contributed by atoms with Gasteiger partial charge in [-0.15, -0.1) is 0 Å². The normalized spacial score (nSPS) is 10.1. The molecule has 13 heavy (non-hydrogen) atoms. The molecular formula is C7H4F3N3. The quantitative estimate of drug-likeness (QED) is 0.726. The molecule has 3 nitrogen and oxygen atoms in total. The second-order valence-electron chi connectivity index (χ2n) is 2.20. The van der Waals surface area contributed by atoms with Crippen LogP contribution in [0.1, 0.15) is 17.7 Å². The Morgan fingerprint density at radius 2 is 2.15 bits per heavy atom. The Morgan fingerprint density at radius 1 is 1.54 bits per heavy atom. The number of rotatable bonds is 1. The van der Waals surface area contributed by atoms with Gasteiger partial charge < -0.3 is 5.73 Å². The summed E-state index contributed by atoms with van der Waals surface area (Å²) in [4.78, 5) is 3.27. The van der Waals surface area contributed by atoms with E-state index in [1.54, 1.807) is 0 Å². The second kappa shape index (κ2) is 3.31. The van der Waals surface area contributed by atoms with Gasteiger partial charge in [0, 0.05) is 6.20 Å². The molecule has 0 fully saturated rings. The number of nitrogens with zero attached hydrogens (tertiary/aromatic N) is 2. The summed E-state index contributed by atoms with van der Waals surface area (Å²) in [6.07, 6.45) is -2.38. The molecule has 0 aromatic carbocycles. The number of hydrogen-bond donors (Lipinski definition) is 1. The van der Waals surface area contributed by atoms with Crippen LogP contribution in [0.3, 0.4) is 0 Å². The fourth-order valence-electron chi connectivity index (χ4n) is 0.761. The first-order valence-corrected chi connectivity index (χ1v) is 3.20. The van der Waals surface area contributed by atoms with E-state index in [1.165, 1.54) is 6.07 Å². The van der Waals surface area contributed by atoms with E-state index in [0.29, 0.717) is 6.20 Å². The Bertz CT molecular complexity index is 370. The third kappa shape index (κ3) is 1.54. The van der Waals surface area contributed by atoms with Crippen molar-refractivity contribution in [3.05, 3.63) is 23.3 Å². The highest BCUT2D eigenvalue weighted by molar-refractivity contribution is 5.52. The minimum Gasteiger partial charge on any atom is -0.394 e. The molecule has 0 atom stereocenters. The summed E-state index contributed by atoms with van der Waals surface area (Å²) < 4.78 is 37.0. The smallest absolute Gasteiger partial charge is 0.268 e. The van der Waals surface area contributed by atoms with Crippen LogP contribution in [0.5, 0.6) is 0 Å². The lowest BCUT2D eigenvalue weighted by Gasteiger charge is -2.03. The summed E-state index contributed by atoms with van der Waals surface area (Å²) >= 11 is 0. The molecule has 1 heterocycles. The van der Waals surface area contributed by atoms with Crippen molar-refractivity contribution in [2.75, 3.05) is 5.73 Å². The lowest BCUT2D eigenvalue weighted by molar-refractivity contribution is 0.146. The Labute approximate surface area is 71.6 Å². The first-order chi connectivity index (χ1) is 6.07. The summed E-state index contributed by atoms with van der Waals surface area (Å²) in [6, 6.07) is 1.48. The van der Waals surface area contributed by atoms with Crippen LogP contribution in [0.15, 0.2) is 6.20 Å². The summed E-state index contributed by atoms with van der Waals surface area (Å²) in [7, 11) is 0. The minimum atomic E-state index is -2.98. The highest BCUT2D eigenvalue weighted by Crippen LogP contribution is 2.25. The number of alkyl halides is 2. The summed E-state index contributed by atoms with van der Waals surface area (Å²) in [5.41, 5.74) is 3.12. The number of halogens is 3. The molecule has 1 aromatic heterocycles. The number of nitrogens with two attached hydrogens (primary N) is 1. The Balaban J connectivity index is 3.33. The molecule has 0 aliphatic carbocycles. The average molecular weight is 187 g/mol. The lowest BCUT2D eigenvalue weighted by Crippen LogP contribution is -2.02. The fourth-order valence-corrected chi connectivity index (χ4v) is 0.761. The van der Waals surface area contributed by atoms with Crippen LogP contribution in [-0.4, -0.2) is 4.98 Å². The van der Waals surface area contributed by atoms with Gasteiger partial charge >= 0.3 is 0 Å². The monoisotopic (exact) mass is 187 g/mol. The van der Waals surface area contributed by atoms with Gasteiger partial charge in [-0.2, -0.15) is 5.26 Å². The van der Waals surface area contributed by atoms with Crippen molar-refractivity contribution in [1.82, 2.24) is 4.98 Å². The molecule has 0 aliphatic rings. The topological polar surface area (TPSA) is 62.7 Å². The first-order valence-electron chi connectivity index (χ1n) is 3.20. The Morgan fingerprint density at radius 3 is 2.62 bits per heavy atom. The molecule has 68 valence electrons. The van der Waals surface area contributed by atoms with E-state index in [-0.39, 0.29) is 5.69 Å². The summed E-state index contributed by atoms with van der Waals surface area (Å²) in [5.74, 6) is -1.28. The predicted octanol–water partition coefficient (Wildman–Crippen LogP) is 1.61. The number of pyridine rings is 1. The molecule has 0 unspecified atom stereocenters. The molecule has 0 saturated heterocycles. The van der Waals surface area contributed by atoms with Crippen LogP contribution in [0.2, 0.25) is 0 Å². The minimum absolute atomic E-state index is 0.387. The molecule has 0 saturated carbocycles. The van der Waals surface area contributed by atoms with E-state index in [2.05, 4.69) is 4.98 Å². The summed E-state index contributed by atoms with van der Waals surface area (Å²) in [5, 5.41) is 8.33. The zero-order chi connectivity index (χ0) is 10.0. The van der Waals surface area contributed by atoms with Gasteiger partial charge in [0.05, 0.1) is 5.56 Å². The second-order valence-corrected chi connectivity index (χ2v) is 2.20. The lowest BCUT2D eigenvalue weighted by atomic mass is 10.2. The maximum atomic E-state index is 12.9. The van der Waals surface area contributed by atoms with Crippen molar-refractivity contribution < 1.29 is 13.2 Å². The fraction of sp³-hybridized carbons (Fsp3) is 0.143. The van der Waals surface area contributed by atoms with E-state index >= 15 is 0 Å². The van der Waals surface area contributed by atoms with Crippen LogP contribution < -0.4 is 5.73 Å². The third-order valence-electron chi connectivity index (χ3n) is 1.42. The predicted molar refractivity (Wildman–Crippen MR) is 38.3 cm³/mol. The van der Waals surface area contributed by atoms with E-state index in [4.69, 9.17) is 11.0 Å². The van der Waals surface area contributed by atoms with Gasteiger partial charge in [0.2, 0.25) is 0 Å². The van der Waals surface area contributed by atoms with E-state index < -0.39 is 23.5 Å². The molecular weight excluding hydrogens is 183 g/mol. The largest absolute Gasteiger partial charge is 0.394 e. The number of aromatic nitrogens is 1. The van der Waals surface area contributed by atoms with E-state index in [9.17, 15) is 13.2 Å². The maximum Gasteiger partial charge on any atom is 0.268 e. The molecule has 6 heteroatoms. The SMILES string of the molecule is N#Cc1ncc(C(F)F)c(F)c1N. The molecule has 0 bridgehead atoms. The van der Waals surface area contributed by atoms with Crippen molar-refractivity contribution in [3.63, 3.8) is 0 Å². The van der Waals surface area contributed by atoms with Crippen molar-refractivity contribution in [3.8, 4) is 6.07 Å². The van der Waals surface area contributed by atoms with E-state index in [0.717, 1.165) is 0 Å². The molecule has 0 amide bonds. The van der Waals surface area contributed by atoms with Gasteiger partial charge in [0.15, 0.2) is 11.5 Å². The van der Waals surface area contributed by atoms with Gasteiger partial charge in [0.25, 0.3) is 6.43 Å². The van der Waals surface area contributed by atoms with Gasteiger partial charge in [-0.25, -0.2) is 18.2 Å². The average Bonchev–Trinajstić information content (AvgIpc) is 2.09. The first kappa shape index (κ1) is 9.32. The van der Waals surface area contributed by atoms with E-state index in [1.807, 2.05) is 0 Å². The van der Waals surface area contributed by atoms with Crippen molar-refractivity contribution in [1.29, 1.82) is 5.26 Å². The maximum absolute atomic E-state index is 12.9. The zero-order valence-corrected chi connectivity index (χ0v) is 6.26. The highest BCUT2D eigenvalue weighted by atomic mass is 19.3. The van der Waals surface area contributed by atoms with Crippen LogP contribution in [0.25, 0.3) is 0 Å². The number of hydrogen-bond acceptors (Lipinski definition) is 3. The highest BCUT2D eigenvalue weighted by Gasteiger charge is 2.18. The van der Waals surface area contributed by atoms with Gasteiger partial charge in [0.1, 0.15) is 11.8 Å². The molecule has 0 radical (unpaired) electrons. The molecule has 2 N–H and O–H groups in total. The Kier molecular flexibility index (Phi) is 2.37. The van der Waals surface area contributed by atoms with Crippen LogP contribution >= 0.6 is 0 Å². The van der Waals surface area contributed by atoms with Crippen LogP contribution in [-0.2, 0) is 0 Å². The van der Waals surface area contributed by atoms with Crippen molar-refractivity contribution in [2.45, 2.75) is 6.43 Å². The van der Waals surface area contributed by atoms with Gasteiger partial charge in [-0.3, -0.25) is 0 Å². The van der Waals surface area contributed by atoms with Gasteiger partial charge in [-0.05, 0) is 0 Å². The number of nitrogen functional groups attached to an aromatic ring is 1. The van der Waals surface area contributed by atoms with Crippen LogP contribution in [0, 0.1) is 17.1 Å². The molecule has 1 rings (SSSR count). The summed E-state index contributed by atoms with van der Waals surface area (Å²) in [6.45, 7) is 0. The zero-order valence-electron chi connectivity index (χ0n) is 6.26. The van der Waals surface area contributed by atoms with Gasteiger partial charge in [-0.1, -0.05) is 0 Å². The number of nitriles is 1. The molecule has 0 aliphatic heterocycles. The standard InChI is InChI=1S/C7H4F3N3/c8-5-3(7(9)10)2-13-4(1-11)6(5)12/h2,7H,12H2. The van der Waals surface area contributed by atoms with Crippen molar-refractivity contribution >= 4 is 5.69 Å².